The number of nitrogens with two attached hydrogens (primary N) is 1. The molecule has 3 heteroatoms. The highest BCUT2D eigenvalue weighted by Gasteiger charge is 2.44. The lowest BCUT2D eigenvalue weighted by Gasteiger charge is -2.41. The van der Waals surface area contributed by atoms with Gasteiger partial charge in [0.1, 0.15) is 5.75 Å². The molecule has 0 aliphatic heterocycles. The SMILES string of the molecule is COc1c(C)cc(C(N)C2(C#N)CCC2)c(C)c1C. The average molecular weight is 258 g/mol. The fourth-order valence-corrected chi connectivity index (χ4v) is 3.07. The van der Waals surface area contributed by atoms with Crippen LogP contribution in [0.5, 0.6) is 5.75 Å². The molecular weight excluding hydrogens is 236 g/mol. The standard InChI is InChI=1S/C16H22N2O/c1-10-8-13(11(2)12(3)14(10)19-4)15(18)16(9-17)6-5-7-16/h8,15H,5-7,18H2,1-4H3. The molecule has 0 bridgehead atoms. The molecule has 1 unspecified atom stereocenters. The van der Waals surface area contributed by atoms with E-state index in [4.69, 9.17) is 10.5 Å². The third-order valence-electron chi connectivity index (χ3n) is 4.67. The molecule has 1 saturated carbocycles. The van der Waals surface area contributed by atoms with Crippen LogP contribution in [-0.2, 0) is 0 Å². The van der Waals surface area contributed by atoms with Crippen LogP contribution in [0, 0.1) is 37.5 Å². The smallest absolute Gasteiger partial charge is 0.124 e. The van der Waals surface area contributed by atoms with E-state index in [1.807, 2.05) is 6.92 Å². The molecule has 3 nitrogen and oxygen atoms in total. The van der Waals surface area contributed by atoms with Crippen molar-refractivity contribution in [2.45, 2.75) is 46.1 Å². The van der Waals surface area contributed by atoms with E-state index >= 15 is 0 Å². The number of methoxy groups -OCH3 is 1. The maximum absolute atomic E-state index is 9.44. The second-order valence-corrected chi connectivity index (χ2v) is 5.67. The zero-order valence-corrected chi connectivity index (χ0v) is 12.2. The molecule has 2 N–H and O–H groups in total. The first-order valence-corrected chi connectivity index (χ1v) is 6.78. The minimum atomic E-state index is -0.363. The molecule has 0 heterocycles. The van der Waals surface area contributed by atoms with Crippen molar-refractivity contribution in [3.05, 3.63) is 28.3 Å². The van der Waals surface area contributed by atoms with Crippen LogP contribution in [0.2, 0.25) is 0 Å². The van der Waals surface area contributed by atoms with Crippen molar-refractivity contribution in [1.82, 2.24) is 0 Å². The second-order valence-electron chi connectivity index (χ2n) is 5.67. The molecule has 0 aromatic heterocycles. The highest BCUT2D eigenvalue weighted by molar-refractivity contribution is 5.50. The Balaban J connectivity index is 2.49. The number of ether oxygens (including phenoxy) is 1. The van der Waals surface area contributed by atoms with Crippen molar-refractivity contribution in [2.24, 2.45) is 11.1 Å². The normalized spacial score (nSPS) is 18.3. The first-order valence-electron chi connectivity index (χ1n) is 6.78. The molecule has 1 aromatic rings. The van der Waals surface area contributed by atoms with Gasteiger partial charge in [-0.3, -0.25) is 0 Å². The zero-order valence-electron chi connectivity index (χ0n) is 12.2. The van der Waals surface area contributed by atoms with Gasteiger partial charge in [-0.2, -0.15) is 5.26 Å². The maximum atomic E-state index is 9.44. The van der Waals surface area contributed by atoms with Crippen LogP contribution >= 0.6 is 0 Å². The molecule has 0 spiro atoms. The van der Waals surface area contributed by atoms with E-state index in [0.717, 1.165) is 47.3 Å². The minimum absolute atomic E-state index is 0.199. The number of nitrogens with zero attached hydrogens (tertiary/aromatic N) is 1. The lowest BCUT2D eigenvalue weighted by molar-refractivity contribution is 0.168. The van der Waals surface area contributed by atoms with Crippen molar-refractivity contribution in [3.8, 4) is 11.8 Å². The van der Waals surface area contributed by atoms with Crippen molar-refractivity contribution in [1.29, 1.82) is 5.26 Å². The monoisotopic (exact) mass is 258 g/mol. The largest absolute Gasteiger partial charge is 0.496 e. The Hall–Kier alpha value is -1.53. The summed E-state index contributed by atoms with van der Waals surface area (Å²) in [5, 5.41) is 9.44. The molecule has 1 aliphatic rings. The summed E-state index contributed by atoms with van der Waals surface area (Å²) in [4.78, 5) is 0. The van der Waals surface area contributed by atoms with Gasteiger partial charge < -0.3 is 10.5 Å². The molecule has 2 rings (SSSR count). The summed E-state index contributed by atoms with van der Waals surface area (Å²) < 4.78 is 5.44. The summed E-state index contributed by atoms with van der Waals surface area (Å²) in [6.07, 6.45) is 2.93. The zero-order chi connectivity index (χ0) is 14.2. The summed E-state index contributed by atoms with van der Waals surface area (Å²) in [6.45, 7) is 6.15. The Kier molecular flexibility index (Phi) is 3.56. The first-order chi connectivity index (χ1) is 8.96. The summed E-state index contributed by atoms with van der Waals surface area (Å²) in [7, 11) is 1.69. The van der Waals surface area contributed by atoms with Crippen molar-refractivity contribution >= 4 is 0 Å². The fourth-order valence-electron chi connectivity index (χ4n) is 3.07. The van der Waals surface area contributed by atoms with Crippen molar-refractivity contribution in [2.75, 3.05) is 7.11 Å². The molecule has 1 fully saturated rings. The summed E-state index contributed by atoms with van der Waals surface area (Å²) in [5.41, 5.74) is 10.5. The molecule has 0 radical (unpaired) electrons. The van der Waals surface area contributed by atoms with Crippen LogP contribution < -0.4 is 10.5 Å². The van der Waals surface area contributed by atoms with E-state index in [0.29, 0.717) is 0 Å². The molecular formula is C16H22N2O. The number of rotatable bonds is 3. The average Bonchev–Trinajstić information content (AvgIpc) is 2.33. The lowest BCUT2D eigenvalue weighted by Crippen LogP contribution is -2.39. The number of hydrogen-bond acceptors (Lipinski definition) is 3. The summed E-state index contributed by atoms with van der Waals surface area (Å²) in [6, 6.07) is 4.34. The van der Waals surface area contributed by atoms with Gasteiger partial charge in [-0.05, 0) is 55.9 Å². The molecule has 0 amide bonds. The highest BCUT2D eigenvalue weighted by atomic mass is 16.5. The van der Waals surface area contributed by atoms with Crippen LogP contribution in [-0.4, -0.2) is 7.11 Å². The second kappa shape index (κ2) is 4.86. The van der Waals surface area contributed by atoms with Gasteiger partial charge in [0.2, 0.25) is 0 Å². The summed E-state index contributed by atoms with van der Waals surface area (Å²) in [5.74, 6) is 0.924. The third kappa shape index (κ3) is 2.01. The number of hydrogen-bond donors (Lipinski definition) is 1. The lowest BCUT2D eigenvalue weighted by atomic mass is 9.63. The van der Waals surface area contributed by atoms with E-state index in [1.165, 1.54) is 0 Å². The molecule has 19 heavy (non-hydrogen) atoms. The van der Waals surface area contributed by atoms with E-state index in [-0.39, 0.29) is 11.5 Å². The van der Waals surface area contributed by atoms with Gasteiger partial charge >= 0.3 is 0 Å². The van der Waals surface area contributed by atoms with E-state index < -0.39 is 0 Å². The molecule has 102 valence electrons. The first kappa shape index (κ1) is 13.9. The van der Waals surface area contributed by atoms with Crippen molar-refractivity contribution in [3.63, 3.8) is 0 Å². The predicted octanol–water partition coefficient (Wildman–Crippen LogP) is 3.31. The number of aryl methyl sites for hydroxylation is 1. The van der Waals surface area contributed by atoms with E-state index in [1.54, 1.807) is 7.11 Å². The Morgan fingerprint density at radius 3 is 2.37 bits per heavy atom. The van der Waals surface area contributed by atoms with Crippen LogP contribution in [0.15, 0.2) is 6.07 Å². The van der Waals surface area contributed by atoms with Gasteiger partial charge in [-0.15, -0.1) is 0 Å². The Labute approximate surface area is 115 Å². The number of nitriles is 1. The Bertz CT molecular complexity index is 539. The third-order valence-corrected chi connectivity index (χ3v) is 4.67. The van der Waals surface area contributed by atoms with Gasteiger partial charge in [0.05, 0.1) is 18.6 Å². The quantitative estimate of drug-likeness (QED) is 0.904. The summed E-state index contributed by atoms with van der Waals surface area (Å²) >= 11 is 0. The van der Waals surface area contributed by atoms with Crippen LogP contribution in [0.3, 0.4) is 0 Å². The van der Waals surface area contributed by atoms with E-state index in [9.17, 15) is 5.26 Å². The topological polar surface area (TPSA) is 59.0 Å². The molecule has 1 aliphatic carbocycles. The van der Waals surface area contributed by atoms with Gasteiger partial charge in [0.15, 0.2) is 0 Å². The Morgan fingerprint density at radius 1 is 1.32 bits per heavy atom. The molecule has 0 saturated heterocycles. The Morgan fingerprint density at radius 2 is 1.95 bits per heavy atom. The minimum Gasteiger partial charge on any atom is -0.496 e. The van der Waals surface area contributed by atoms with Gasteiger partial charge in [-0.25, -0.2) is 0 Å². The predicted molar refractivity (Wildman–Crippen MR) is 76.0 cm³/mol. The van der Waals surface area contributed by atoms with Crippen LogP contribution in [0.1, 0.15) is 47.6 Å². The van der Waals surface area contributed by atoms with E-state index in [2.05, 4.69) is 26.0 Å². The van der Waals surface area contributed by atoms with Crippen LogP contribution in [0.25, 0.3) is 0 Å². The van der Waals surface area contributed by atoms with Gasteiger partial charge in [-0.1, -0.05) is 12.5 Å². The number of benzene rings is 1. The van der Waals surface area contributed by atoms with Crippen molar-refractivity contribution < 1.29 is 4.74 Å². The van der Waals surface area contributed by atoms with Gasteiger partial charge in [0.25, 0.3) is 0 Å². The maximum Gasteiger partial charge on any atom is 0.124 e. The van der Waals surface area contributed by atoms with Gasteiger partial charge in [0, 0.05) is 6.04 Å². The molecule has 1 atom stereocenters. The highest BCUT2D eigenvalue weighted by Crippen LogP contribution is 2.49. The molecule has 1 aromatic carbocycles. The van der Waals surface area contributed by atoms with Crippen LogP contribution in [0.4, 0.5) is 0 Å². The fraction of sp³-hybridized carbons (Fsp3) is 0.562.